The first-order valence-electron chi connectivity index (χ1n) is 7.46. The molecule has 0 fully saturated rings. The van der Waals surface area contributed by atoms with Crippen molar-refractivity contribution < 1.29 is 13.2 Å². The Balaban J connectivity index is 2.26. The van der Waals surface area contributed by atoms with Crippen molar-refractivity contribution in [3.63, 3.8) is 0 Å². The summed E-state index contributed by atoms with van der Waals surface area (Å²) < 4.78 is 26.4. The van der Waals surface area contributed by atoms with Crippen molar-refractivity contribution >= 4 is 49.8 Å². The van der Waals surface area contributed by atoms with E-state index in [9.17, 15) is 13.2 Å². The Kier molecular flexibility index (Phi) is 6.42. The maximum absolute atomic E-state index is 12.3. The number of para-hydroxylation sites is 1. The fraction of sp³-hybridized carbons (Fsp3) is 0.400. The van der Waals surface area contributed by atoms with Crippen LogP contribution < -0.4 is 9.62 Å². The van der Waals surface area contributed by atoms with Crippen LogP contribution in [-0.4, -0.2) is 43.6 Å². The molecule has 0 saturated heterocycles. The van der Waals surface area contributed by atoms with Crippen LogP contribution in [0.15, 0.2) is 28.6 Å². The molecule has 10 heteroatoms. The standard InChI is InChI=1S/C15H20N4O3S3/c1-10(2)11-7-5-6-8-12(11)19(25(4,21)22)9-13(20)16-14-17-18-15(23-3)24-14/h5-8,10H,9H2,1-4H3,(H,16,17,20). The molecule has 0 spiro atoms. The van der Waals surface area contributed by atoms with E-state index in [4.69, 9.17) is 0 Å². The molecular formula is C15H20N4O3S3. The number of nitrogens with one attached hydrogen (secondary N) is 1. The third-order valence-corrected chi connectivity index (χ3v) is 6.28. The average Bonchev–Trinajstić information content (AvgIpc) is 2.99. The number of carbonyl (C=O) groups excluding carboxylic acids is 1. The van der Waals surface area contributed by atoms with Crippen LogP contribution in [0.25, 0.3) is 0 Å². The summed E-state index contributed by atoms with van der Waals surface area (Å²) in [6.07, 6.45) is 2.95. The van der Waals surface area contributed by atoms with Crippen LogP contribution in [0.2, 0.25) is 0 Å². The molecule has 1 aromatic heterocycles. The molecule has 2 aromatic rings. The molecule has 25 heavy (non-hydrogen) atoms. The summed E-state index contributed by atoms with van der Waals surface area (Å²) in [6.45, 7) is 3.63. The molecule has 0 radical (unpaired) electrons. The predicted molar refractivity (Wildman–Crippen MR) is 103 cm³/mol. The molecule has 0 bridgehead atoms. The first-order chi connectivity index (χ1) is 11.7. The molecule has 0 unspecified atom stereocenters. The second-order valence-electron chi connectivity index (χ2n) is 5.61. The number of rotatable bonds is 7. The molecule has 1 aromatic carbocycles. The SMILES string of the molecule is CSc1nnc(NC(=O)CN(c2ccccc2C(C)C)S(C)(=O)=O)s1. The van der Waals surface area contributed by atoms with Crippen molar-refractivity contribution in [2.75, 3.05) is 28.7 Å². The van der Waals surface area contributed by atoms with Gasteiger partial charge in [0.15, 0.2) is 4.34 Å². The lowest BCUT2D eigenvalue weighted by atomic mass is 10.0. The smallest absolute Gasteiger partial charge is 0.246 e. The maximum atomic E-state index is 12.3. The Morgan fingerprint density at radius 1 is 1.32 bits per heavy atom. The van der Waals surface area contributed by atoms with E-state index in [2.05, 4.69) is 15.5 Å². The van der Waals surface area contributed by atoms with E-state index in [0.29, 0.717) is 10.8 Å². The van der Waals surface area contributed by atoms with Gasteiger partial charge in [-0.25, -0.2) is 8.42 Å². The number of carbonyl (C=O) groups is 1. The van der Waals surface area contributed by atoms with Crippen LogP contribution in [0.1, 0.15) is 25.3 Å². The number of hydrogen-bond donors (Lipinski definition) is 1. The second-order valence-corrected chi connectivity index (χ2v) is 9.55. The number of nitrogens with zero attached hydrogens (tertiary/aromatic N) is 3. The van der Waals surface area contributed by atoms with Crippen LogP contribution >= 0.6 is 23.1 Å². The highest BCUT2D eigenvalue weighted by Crippen LogP contribution is 2.29. The van der Waals surface area contributed by atoms with E-state index in [1.807, 2.05) is 32.2 Å². The summed E-state index contributed by atoms with van der Waals surface area (Å²) in [5, 5.41) is 10.7. The third-order valence-electron chi connectivity index (χ3n) is 3.34. The van der Waals surface area contributed by atoms with Crippen molar-refractivity contribution in [3.8, 4) is 0 Å². The quantitative estimate of drug-likeness (QED) is 0.567. The average molecular weight is 401 g/mol. The summed E-state index contributed by atoms with van der Waals surface area (Å²) in [4.78, 5) is 12.3. The third kappa shape index (κ3) is 5.16. The molecular weight excluding hydrogens is 380 g/mol. The van der Waals surface area contributed by atoms with Crippen LogP contribution in [0.5, 0.6) is 0 Å². The van der Waals surface area contributed by atoms with E-state index < -0.39 is 15.9 Å². The lowest BCUT2D eigenvalue weighted by molar-refractivity contribution is -0.114. The first kappa shape index (κ1) is 19.7. The van der Waals surface area contributed by atoms with Gasteiger partial charge in [-0.1, -0.05) is 55.1 Å². The lowest BCUT2D eigenvalue weighted by Crippen LogP contribution is -2.38. The molecule has 1 N–H and O–H groups in total. The zero-order valence-electron chi connectivity index (χ0n) is 14.4. The fourth-order valence-electron chi connectivity index (χ4n) is 2.22. The van der Waals surface area contributed by atoms with Gasteiger partial charge in [-0.15, -0.1) is 10.2 Å². The van der Waals surface area contributed by atoms with Gasteiger partial charge >= 0.3 is 0 Å². The molecule has 1 heterocycles. The van der Waals surface area contributed by atoms with Crippen molar-refractivity contribution in [2.45, 2.75) is 24.1 Å². The summed E-state index contributed by atoms with van der Waals surface area (Å²) in [7, 11) is -3.63. The fourth-order valence-corrected chi connectivity index (χ4v) is 4.28. The van der Waals surface area contributed by atoms with Crippen LogP contribution in [0.4, 0.5) is 10.8 Å². The summed E-state index contributed by atoms with van der Waals surface area (Å²) in [5.41, 5.74) is 1.37. The number of hydrogen-bond acceptors (Lipinski definition) is 7. The van der Waals surface area contributed by atoms with Gasteiger partial charge < -0.3 is 0 Å². The van der Waals surface area contributed by atoms with E-state index in [0.717, 1.165) is 20.5 Å². The van der Waals surface area contributed by atoms with Crippen molar-refractivity contribution in [3.05, 3.63) is 29.8 Å². The van der Waals surface area contributed by atoms with Gasteiger partial charge in [0.1, 0.15) is 6.54 Å². The van der Waals surface area contributed by atoms with Crippen LogP contribution in [0, 0.1) is 0 Å². The topological polar surface area (TPSA) is 92.3 Å². The molecule has 0 aliphatic rings. The minimum absolute atomic E-state index is 0.121. The maximum Gasteiger partial charge on any atom is 0.246 e. The molecule has 2 rings (SSSR count). The summed E-state index contributed by atoms with van der Waals surface area (Å²) >= 11 is 2.66. The minimum atomic E-state index is -3.63. The van der Waals surface area contributed by atoms with Gasteiger partial charge in [-0.3, -0.25) is 14.4 Å². The van der Waals surface area contributed by atoms with Crippen molar-refractivity contribution in [1.82, 2.24) is 10.2 Å². The molecule has 0 saturated carbocycles. The Labute approximate surface area is 155 Å². The highest BCUT2D eigenvalue weighted by molar-refractivity contribution is 8.00. The number of sulfonamides is 1. The highest BCUT2D eigenvalue weighted by Gasteiger charge is 2.24. The van der Waals surface area contributed by atoms with Gasteiger partial charge in [0.05, 0.1) is 11.9 Å². The van der Waals surface area contributed by atoms with Gasteiger partial charge in [0.25, 0.3) is 0 Å². The van der Waals surface area contributed by atoms with Crippen molar-refractivity contribution in [2.24, 2.45) is 0 Å². The number of aromatic nitrogens is 2. The van der Waals surface area contributed by atoms with Gasteiger partial charge in [0.2, 0.25) is 21.1 Å². The molecule has 7 nitrogen and oxygen atoms in total. The normalized spacial score (nSPS) is 11.6. The van der Waals surface area contributed by atoms with Gasteiger partial charge in [0, 0.05) is 0 Å². The van der Waals surface area contributed by atoms with E-state index >= 15 is 0 Å². The van der Waals surface area contributed by atoms with Crippen molar-refractivity contribution in [1.29, 1.82) is 0 Å². The predicted octanol–water partition coefficient (Wildman–Crippen LogP) is 2.79. The lowest BCUT2D eigenvalue weighted by Gasteiger charge is -2.25. The zero-order valence-corrected chi connectivity index (χ0v) is 16.8. The monoisotopic (exact) mass is 400 g/mol. The van der Waals surface area contributed by atoms with Crippen LogP contribution in [0.3, 0.4) is 0 Å². The Bertz CT molecular complexity index is 849. The number of thioether (sulfide) groups is 1. The molecule has 136 valence electrons. The van der Waals surface area contributed by atoms with E-state index in [1.54, 1.807) is 12.1 Å². The van der Waals surface area contributed by atoms with Crippen LogP contribution in [-0.2, 0) is 14.8 Å². The summed E-state index contributed by atoms with van der Waals surface area (Å²) in [5.74, 6) is -0.344. The Morgan fingerprint density at radius 3 is 2.56 bits per heavy atom. The Hall–Kier alpha value is -1.65. The molecule has 1 amide bonds. The number of anilines is 2. The summed E-state index contributed by atoms with van der Waals surface area (Å²) in [6, 6.07) is 7.18. The number of benzene rings is 1. The minimum Gasteiger partial charge on any atom is -0.299 e. The van der Waals surface area contributed by atoms with E-state index in [-0.39, 0.29) is 12.5 Å². The van der Waals surface area contributed by atoms with E-state index in [1.165, 1.54) is 23.1 Å². The molecule has 0 atom stereocenters. The highest BCUT2D eigenvalue weighted by atomic mass is 32.2. The van der Waals surface area contributed by atoms with Gasteiger partial charge in [-0.2, -0.15) is 0 Å². The first-order valence-corrected chi connectivity index (χ1v) is 11.3. The zero-order chi connectivity index (χ0) is 18.6. The second kappa shape index (κ2) is 8.15. The Morgan fingerprint density at radius 2 is 2.00 bits per heavy atom. The van der Waals surface area contributed by atoms with Gasteiger partial charge in [-0.05, 0) is 23.8 Å². The molecule has 0 aliphatic heterocycles. The largest absolute Gasteiger partial charge is 0.299 e. The molecule has 0 aliphatic carbocycles. The number of amides is 1.